The second-order valence-corrected chi connectivity index (χ2v) is 14.3. The van der Waals surface area contributed by atoms with Gasteiger partial charge in [0.25, 0.3) is 0 Å². The molecule has 12 rings (SSSR count). The smallest absolute Gasteiger partial charge is 0.164 e. The Bertz CT molecular complexity index is 3400. The summed E-state index contributed by atoms with van der Waals surface area (Å²) in [6, 6.07) is 61.8. The molecule has 0 aliphatic carbocycles. The summed E-state index contributed by atoms with van der Waals surface area (Å²) in [4.78, 5) is 19.7. The van der Waals surface area contributed by atoms with E-state index in [1.165, 1.54) is 43.4 Å². The monoisotopic (exact) mass is 714 g/mol. The van der Waals surface area contributed by atoms with Gasteiger partial charge in [0.15, 0.2) is 17.5 Å². The minimum Gasteiger partial charge on any atom is -0.308 e. The molecular formula is C50H30N6. The Hall–Kier alpha value is -7.70. The third-order valence-corrected chi connectivity index (χ3v) is 11.1. The average molecular weight is 715 g/mol. The Balaban J connectivity index is 1.08. The molecule has 56 heavy (non-hydrogen) atoms. The second-order valence-electron chi connectivity index (χ2n) is 14.3. The molecule has 0 radical (unpaired) electrons. The van der Waals surface area contributed by atoms with E-state index in [1.807, 2.05) is 72.9 Å². The summed E-state index contributed by atoms with van der Waals surface area (Å²) in [5.74, 6) is 2.85. The highest BCUT2D eigenvalue weighted by molar-refractivity contribution is 6.34. The molecule has 0 aliphatic heterocycles. The Morgan fingerprint density at radius 1 is 0.357 bits per heavy atom. The molecule has 0 aliphatic rings. The molecule has 8 aromatic carbocycles. The number of hydrogen-bond donors (Lipinski definition) is 0. The molecule has 0 unspecified atom stereocenters. The van der Waals surface area contributed by atoms with E-state index in [0.717, 1.165) is 50.0 Å². The molecular weight excluding hydrogens is 685 g/mol. The van der Waals surface area contributed by atoms with Crippen LogP contribution in [0.5, 0.6) is 0 Å². The minimum atomic E-state index is 0.642. The number of rotatable bonds is 5. The Morgan fingerprint density at radius 3 is 1.77 bits per heavy atom. The standard InChI is InChI=1S/C50H30N6/c1-3-12-32(13-4-1)48-52-49(33-14-5-2-6-15-33)54-50(53-48)37-24-22-35-29-38(26-25-34(35)28-37)55-41-19-11-16-31-21-23-36-30-42-46(47(55)45(36)44(31)41)39-17-7-8-18-40(39)56(42)43-20-9-10-27-51-43/h1-30H. The van der Waals surface area contributed by atoms with Crippen molar-refractivity contribution in [1.82, 2.24) is 29.1 Å². The Labute approximate surface area is 321 Å². The van der Waals surface area contributed by atoms with Gasteiger partial charge in [0.05, 0.1) is 22.1 Å². The fourth-order valence-electron chi connectivity index (χ4n) is 8.65. The lowest BCUT2D eigenvalue weighted by atomic mass is 9.99. The lowest BCUT2D eigenvalue weighted by Gasteiger charge is -2.12. The number of pyridine rings is 1. The molecule has 6 nitrogen and oxygen atoms in total. The lowest BCUT2D eigenvalue weighted by molar-refractivity contribution is 1.07. The predicted molar refractivity (Wildman–Crippen MR) is 229 cm³/mol. The zero-order chi connectivity index (χ0) is 36.7. The fourth-order valence-corrected chi connectivity index (χ4v) is 8.65. The van der Waals surface area contributed by atoms with Gasteiger partial charge in [-0.2, -0.15) is 0 Å². The largest absolute Gasteiger partial charge is 0.308 e. The maximum absolute atomic E-state index is 4.99. The maximum atomic E-state index is 4.99. The third-order valence-electron chi connectivity index (χ3n) is 11.1. The number of aromatic nitrogens is 6. The van der Waals surface area contributed by atoms with E-state index in [0.29, 0.717) is 17.5 Å². The van der Waals surface area contributed by atoms with Crippen LogP contribution in [0.4, 0.5) is 0 Å². The van der Waals surface area contributed by atoms with Gasteiger partial charge in [-0.3, -0.25) is 4.57 Å². The maximum Gasteiger partial charge on any atom is 0.164 e. The summed E-state index contributed by atoms with van der Waals surface area (Å²) < 4.78 is 4.78. The van der Waals surface area contributed by atoms with Crippen molar-refractivity contribution in [2.24, 2.45) is 0 Å². The summed E-state index contributed by atoms with van der Waals surface area (Å²) in [6.45, 7) is 0. The van der Waals surface area contributed by atoms with Crippen molar-refractivity contribution in [3.8, 4) is 45.7 Å². The molecule has 12 aromatic rings. The van der Waals surface area contributed by atoms with Crippen LogP contribution >= 0.6 is 0 Å². The fraction of sp³-hybridized carbons (Fsp3) is 0. The lowest BCUT2D eigenvalue weighted by Crippen LogP contribution is -2.00. The van der Waals surface area contributed by atoms with Gasteiger partial charge < -0.3 is 4.57 Å². The van der Waals surface area contributed by atoms with E-state index in [-0.39, 0.29) is 0 Å². The highest BCUT2D eigenvalue weighted by Gasteiger charge is 2.24. The van der Waals surface area contributed by atoms with Crippen LogP contribution in [0.3, 0.4) is 0 Å². The molecule has 4 heterocycles. The van der Waals surface area contributed by atoms with Crippen LogP contribution in [-0.2, 0) is 0 Å². The summed E-state index contributed by atoms with van der Waals surface area (Å²) in [7, 11) is 0. The van der Waals surface area contributed by atoms with Gasteiger partial charge >= 0.3 is 0 Å². The van der Waals surface area contributed by atoms with Gasteiger partial charge in [0.2, 0.25) is 0 Å². The van der Waals surface area contributed by atoms with E-state index in [2.05, 4.69) is 118 Å². The van der Waals surface area contributed by atoms with Crippen LogP contribution in [0.15, 0.2) is 182 Å². The molecule has 0 spiro atoms. The number of para-hydroxylation sites is 1. The van der Waals surface area contributed by atoms with Gasteiger partial charge in [-0.1, -0.05) is 127 Å². The number of hydrogen-bond acceptors (Lipinski definition) is 4. The zero-order valence-electron chi connectivity index (χ0n) is 30.0. The van der Waals surface area contributed by atoms with Gasteiger partial charge in [-0.25, -0.2) is 19.9 Å². The number of benzene rings is 8. The Kier molecular flexibility index (Phi) is 6.53. The van der Waals surface area contributed by atoms with E-state index < -0.39 is 0 Å². The average Bonchev–Trinajstić information content (AvgIpc) is 3.80. The van der Waals surface area contributed by atoms with Crippen LogP contribution in [0.25, 0.3) is 111 Å². The summed E-state index contributed by atoms with van der Waals surface area (Å²) in [6.07, 6.45) is 1.87. The van der Waals surface area contributed by atoms with Crippen molar-refractivity contribution in [2.75, 3.05) is 0 Å². The van der Waals surface area contributed by atoms with Crippen molar-refractivity contribution in [2.45, 2.75) is 0 Å². The third kappa shape index (κ3) is 4.56. The molecule has 0 saturated heterocycles. The first kappa shape index (κ1) is 30.7. The van der Waals surface area contributed by atoms with Crippen molar-refractivity contribution in [1.29, 1.82) is 0 Å². The van der Waals surface area contributed by atoms with Crippen molar-refractivity contribution < 1.29 is 0 Å². The molecule has 6 heteroatoms. The van der Waals surface area contributed by atoms with Gasteiger partial charge in [-0.15, -0.1) is 0 Å². The van der Waals surface area contributed by atoms with Crippen LogP contribution in [0.1, 0.15) is 0 Å². The van der Waals surface area contributed by atoms with E-state index in [1.54, 1.807) is 0 Å². The molecule has 0 N–H and O–H groups in total. The summed E-state index contributed by atoms with van der Waals surface area (Å²) in [5.41, 5.74) is 8.61. The second kappa shape index (κ2) is 11.9. The summed E-state index contributed by atoms with van der Waals surface area (Å²) in [5, 5.41) is 9.67. The van der Waals surface area contributed by atoms with E-state index >= 15 is 0 Å². The molecule has 0 fully saturated rings. The normalized spacial score (nSPS) is 11.9. The SMILES string of the molecule is c1ccc(-c2nc(-c3ccccc3)nc(-c3ccc4cc(-n5c6cccc7ccc8cc9c(c%10ccccc%10n9-c9ccccn9)c5c8c76)ccc4c3)n2)cc1. The van der Waals surface area contributed by atoms with E-state index in [4.69, 9.17) is 19.9 Å². The van der Waals surface area contributed by atoms with Gasteiger partial charge in [0, 0.05) is 50.1 Å². The van der Waals surface area contributed by atoms with Gasteiger partial charge in [0.1, 0.15) is 5.82 Å². The van der Waals surface area contributed by atoms with Crippen molar-refractivity contribution in [3.63, 3.8) is 0 Å². The molecule has 0 amide bonds. The Morgan fingerprint density at radius 2 is 1.00 bits per heavy atom. The zero-order valence-corrected chi connectivity index (χ0v) is 30.0. The predicted octanol–water partition coefficient (Wildman–Crippen LogP) is 12.2. The minimum absolute atomic E-state index is 0.642. The molecule has 0 atom stereocenters. The van der Waals surface area contributed by atoms with Crippen molar-refractivity contribution in [3.05, 3.63) is 182 Å². The first-order valence-electron chi connectivity index (χ1n) is 18.8. The first-order chi connectivity index (χ1) is 27.8. The summed E-state index contributed by atoms with van der Waals surface area (Å²) >= 11 is 0. The van der Waals surface area contributed by atoms with E-state index in [9.17, 15) is 0 Å². The van der Waals surface area contributed by atoms with Gasteiger partial charge in [-0.05, 0) is 70.1 Å². The highest BCUT2D eigenvalue weighted by atomic mass is 15.1. The quantitative estimate of drug-likeness (QED) is 0.167. The van der Waals surface area contributed by atoms with Crippen molar-refractivity contribution >= 4 is 65.2 Å². The first-order valence-corrected chi connectivity index (χ1v) is 18.8. The molecule has 260 valence electrons. The molecule has 0 bridgehead atoms. The van der Waals surface area contributed by atoms with Crippen LogP contribution in [0, 0.1) is 0 Å². The van der Waals surface area contributed by atoms with Crippen LogP contribution < -0.4 is 0 Å². The van der Waals surface area contributed by atoms with Crippen LogP contribution in [-0.4, -0.2) is 29.1 Å². The number of fused-ring (bicyclic) bond motifs is 5. The number of nitrogens with zero attached hydrogens (tertiary/aromatic N) is 6. The molecule has 0 saturated carbocycles. The topological polar surface area (TPSA) is 61.4 Å². The molecule has 4 aromatic heterocycles. The van der Waals surface area contributed by atoms with Crippen LogP contribution in [0.2, 0.25) is 0 Å². The highest BCUT2D eigenvalue weighted by Crippen LogP contribution is 2.46.